The summed E-state index contributed by atoms with van der Waals surface area (Å²) in [5, 5.41) is 6.01. The number of halogens is 1. The molecule has 0 saturated heterocycles. The molecule has 1 aromatic heterocycles. The zero-order valence-corrected chi connectivity index (χ0v) is 15.5. The van der Waals surface area contributed by atoms with Crippen LogP contribution in [0.1, 0.15) is 21.6 Å². The second-order valence-corrected chi connectivity index (χ2v) is 6.50. The molecule has 3 rings (SSSR count). The van der Waals surface area contributed by atoms with Gasteiger partial charge in [-0.25, -0.2) is 9.97 Å². The quantitative estimate of drug-likeness (QED) is 0.661. The second-order valence-electron chi connectivity index (χ2n) is 5.64. The Labute approximate surface area is 154 Å². The molecule has 0 saturated carbocycles. The van der Waals surface area contributed by atoms with Crippen LogP contribution in [0.2, 0.25) is 0 Å². The second kappa shape index (κ2) is 7.44. The van der Waals surface area contributed by atoms with Gasteiger partial charge in [0.15, 0.2) is 0 Å². The lowest BCUT2D eigenvalue weighted by Crippen LogP contribution is -2.15. The Balaban J connectivity index is 1.80. The predicted molar refractivity (Wildman–Crippen MR) is 103 cm³/mol. The van der Waals surface area contributed by atoms with Crippen LogP contribution >= 0.6 is 15.9 Å². The molecule has 0 aliphatic rings. The van der Waals surface area contributed by atoms with Gasteiger partial charge in [0.25, 0.3) is 5.91 Å². The molecule has 2 aromatic carbocycles. The Bertz CT molecular complexity index is 927. The van der Waals surface area contributed by atoms with Crippen LogP contribution in [0.3, 0.4) is 0 Å². The highest BCUT2D eigenvalue weighted by Gasteiger charge is 2.11. The first-order valence-corrected chi connectivity index (χ1v) is 8.55. The van der Waals surface area contributed by atoms with Gasteiger partial charge in [0.05, 0.1) is 5.69 Å². The van der Waals surface area contributed by atoms with E-state index in [4.69, 9.17) is 0 Å². The molecule has 126 valence electrons. The van der Waals surface area contributed by atoms with Gasteiger partial charge in [0.1, 0.15) is 5.69 Å². The third-order valence-corrected chi connectivity index (χ3v) is 4.34. The van der Waals surface area contributed by atoms with Crippen LogP contribution in [0.15, 0.2) is 59.2 Å². The Morgan fingerprint density at radius 3 is 2.64 bits per heavy atom. The third-order valence-electron chi connectivity index (χ3n) is 3.65. The maximum absolute atomic E-state index is 12.4. The molecular weight excluding hydrogens is 380 g/mol. The van der Waals surface area contributed by atoms with Crippen molar-refractivity contribution in [3.8, 4) is 0 Å². The van der Waals surface area contributed by atoms with Crippen LogP contribution in [-0.4, -0.2) is 15.9 Å². The summed E-state index contributed by atoms with van der Waals surface area (Å²) in [6.45, 7) is 4.03. The van der Waals surface area contributed by atoms with Gasteiger partial charge in [-0.3, -0.25) is 4.79 Å². The molecule has 0 unspecified atom stereocenters. The van der Waals surface area contributed by atoms with Gasteiger partial charge in [-0.15, -0.1) is 0 Å². The number of rotatable bonds is 4. The number of amides is 1. The van der Waals surface area contributed by atoms with Crippen LogP contribution < -0.4 is 10.6 Å². The largest absolute Gasteiger partial charge is 0.324 e. The Kier molecular flexibility index (Phi) is 5.09. The molecule has 0 aliphatic carbocycles. The van der Waals surface area contributed by atoms with E-state index in [1.165, 1.54) is 0 Å². The highest BCUT2D eigenvalue weighted by Crippen LogP contribution is 2.22. The van der Waals surface area contributed by atoms with Gasteiger partial charge in [-0.05, 0) is 65.2 Å². The summed E-state index contributed by atoms with van der Waals surface area (Å²) in [4.78, 5) is 21.0. The molecule has 0 bridgehead atoms. The van der Waals surface area contributed by atoms with Crippen molar-refractivity contribution in [1.29, 1.82) is 0 Å². The fourth-order valence-corrected chi connectivity index (χ4v) is 2.67. The van der Waals surface area contributed by atoms with Crippen molar-refractivity contribution < 1.29 is 4.79 Å². The number of para-hydroxylation sites is 1. The van der Waals surface area contributed by atoms with Gasteiger partial charge in [-0.1, -0.05) is 24.3 Å². The number of nitrogens with zero attached hydrogens (tertiary/aromatic N) is 2. The van der Waals surface area contributed by atoms with Crippen molar-refractivity contribution in [1.82, 2.24) is 9.97 Å². The van der Waals surface area contributed by atoms with Gasteiger partial charge in [0.2, 0.25) is 5.95 Å². The lowest BCUT2D eigenvalue weighted by atomic mass is 10.1. The first kappa shape index (κ1) is 17.1. The number of aryl methyl sites for hydroxylation is 2. The average molecular weight is 397 g/mol. The summed E-state index contributed by atoms with van der Waals surface area (Å²) in [5.74, 6) is 0.0896. The van der Waals surface area contributed by atoms with Crippen LogP contribution in [0.5, 0.6) is 0 Å². The number of hydrogen-bond donors (Lipinski definition) is 2. The fourth-order valence-electron chi connectivity index (χ4n) is 2.29. The maximum Gasteiger partial charge on any atom is 0.274 e. The molecule has 2 N–H and O–H groups in total. The van der Waals surface area contributed by atoms with Crippen molar-refractivity contribution in [3.63, 3.8) is 0 Å². The standard InChI is InChI=1S/C19H17BrN4O/c1-12-7-8-13(2)17(11-12)24-19-21-10-9-16(23-19)18(25)22-15-6-4-3-5-14(15)20/h3-11H,1-2H3,(H,22,25)(H,21,23,24). The van der Waals surface area contributed by atoms with E-state index in [1.54, 1.807) is 12.3 Å². The summed E-state index contributed by atoms with van der Waals surface area (Å²) in [7, 11) is 0. The van der Waals surface area contributed by atoms with Crippen molar-refractivity contribution in [2.45, 2.75) is 13.8 Å². The number of carbonyl (C=O) groups is 1. The molecule has 0 aliphatic heterocycles. The number of benzene rings is 2. The van der Waals surface area contributed by atoms with Gasteiger partial charge < -0.3 is 10.6 Å². The summed E-state index contributed by atoms with van der Waals surface area (Å²) < 4.78 is 0.811. The minimum Gasteiger partial charge on any atom is -0.324 e. The van der Waals surface area contributed by atoms with Crippen LogP contribution in [0.25, 0.3) is 0 Å². The van der Waals surface area contributed by atoms with E-state index in [1.807, 2.05) is 56.3 Å². The van der Waals surface area contributed by atoms with Crippen molar-refractivity contribution >= 4 is 39.2 Å². The van der Waals surface area contributed by atoms with E-state index in [-0.39, 0.29) is 5.91 Å². The minimum absolute atomic E-state index is 0.290. The summed E-state index contributed by atoms with van der Waals surface area (Å²) in [5.41, 5.74) is 4.12. The Morgan fingerprint density at radius 2 is 1.84 bits per heavy atom. The smallest absolute Gasteiger partial charge is 0.274 e. The van der Waals surface area contributed by atoms with Crippen molar-refractivity contribution in [2.75, 3.05) is 10.6 Å². The van der Waals surface area contributed by atoms with E-state index < -0.39 is 0 Å². The molecule has 0 spiro atoms. The van der Waals surface area contributed by atoms with E-state index in [0.29, 0.717) is 17.3 Å². The van der Waals surface area contributed by atoms with Crippen LogP contribution in [0, 0.1) is 13.8 Å². The monoisotopic (exact) mass is 396 g/mol. The Morgan fingerprint density at radius 1 is 1.04 bits per heavy atom. The number of carbonyl (C=O) groups excluding carboxylic acids is 1. The number of nitrogens with one attached hydrogen (secondary N) is 2. The first-order valence-electron chi connectivity index (χ1n) is 7.76. The molecule has 1 heterocycles. The zero-order chi connectivity index (χ0) is 17.8. The van der Waals surface area contributed by atoms with E-state index in [0.717, 1.165) is 21.3 Å². The summed E-state index contributed by atoms with van der Waals surface area (Å²) in [6, 6.07) is 15.1. The van der Waals surface area contributed by atoms with E-state index in [2.05, 4.69) is 36.5 Å². The molecule has 0 fully saturated rings. The van der Waals surface area contributed by atoms with Gasteiger partial charge >= 0.3 is 0 Å². The molecule has 3 aromatic rings. The normalized spacial score (nSPS) is 10.4. The number of anilines is 3. The topological polar surface area (TPSA) is 66.9 Å². The molecular formula is C19H17BrN4O. The first-order chi connectivity index (χ1) is 12.0. The van der Waals surface area contributed by atoms with Crippen LogP contribution in [-0.2, 0) is 0 Å². The van der Waals surface area contributed by atoms with E-state index in [9.17, 15) is 4.79 Å². The lowest BCUT2D eigenvalue weighted by molar-refractivity contribution is 0.102. The predicted octanol–water partition coefficient (Wildman–Crippen LogP) is 4.85. The minimum atomic E-state index is -0.293. The van der Waals surface area contributed by atoms with Crippen molar-refractivity contribution in [2.24, 2.45) is 0 Å². The highest BCUT2D eigenvalue weighted by atomic mass is 79.9. The van der Waals surface area contributed by atoms with Crippen molar-refractivity contribution in [3.05, 3.63) is 76.0 Å². The molecule has 5 nitrogen and oxygen atoms in total. The SMILES string of the molecule is Cc1ccc(C)c(Nc2nccc(C(=O)Nc3ccccc3Br)n2)c1. The lowest BCUT2D eigenvalue weighted by Gasteiger charge is -2.10. The number of hydrogen-bond acceptors (Lipinski definition) is 4. The molecule has 6 heteroatoms. The molecule has 0 radical (unpaired) electrons. The third kappa shape index (κ3) is 4.22. The van der Waals surface area contributed by atoms with Gasteiger partial charge in [-0.2, -0.15) is 0 Å². The molecule has 0 atom stereocenters. The zero-order valence-electron chi connectivity index (χ0n) is 13.9. The number of aromatic nitrogens is 2. The van der Waals surface area contributed by atoms with E-state index >= 15 is 0 Å². The molecule has 25 heavy (non-hydrogen) atoms. The summed E-state index contributed by atoms with van der Waals surface area (Å²) >= 11 is 3.41. The fraction of sp³-hybridized carbons (Fsp3) is 0.105. The Hall–Kier alpha value is -2.73. The van der Waals surface area contributed by atoms with Gasteiger partial charge in [0, 0.05) is 16.4 Å². The maximum atomic E-state index is 12.4. The molecule has 1 amide bonds. The average Bonchev–Trinajstić information content (AvgIpc) is 2.60. The summed E-state index contributed by atoms with van der Waals surface area (Å²) in [6.07, 6.45) is 1.56. The highest BCUT2D eigenvalue weighted by molar-refractivity contribution is 9.10. The van der Waals surface area contributed by atoms with Crippen LogP contribution in [0.4, 0.5) is 17.3 Å².